The number of nitrogens with zero attached hydrogens (tertiary/aromatic N) is 2. The van der Waals surface area contributed by atoms with Crippen LogP contribution in [0.5, 0.6) is 0 Å². The van der Waals surface area contributed by atoms with Gasteiger partial charge in [-0.15, -0.1) is 0 Å². The van der Waals surface area contributed by atoms with Crippen LogP contribution in [0.1, 0.15) is 11.1 Å². The fourth-order valence-corrected chi connectivity index (χ4v) is 2.02. The second-order valence-electron chi connectivity index (χ2n) is 4.43. The van der Waals surface area contributed by atoms with Crippen molar-refractivity contribution in [2.24, 2.45) is 9.98 Å². The molecule has 2 rings (SSSR count). The van der Waals surface area contributed by atoms with E-state index in [-0.39, 0.29) is 10.3 Å². The van der Waals surface area contributed by atoms with Crippen molar-refractivity contribution >= 4 is 44.9 Å². The summed E-state index contributed by atoms with van der Waals surface area (Å²) in [5, 5.41) is 0.361. The molecule has 102 valence electrons. The van der Waals surface area contributed by atoms with Gasteiger partial charge in [0.25, 0.3) is 0 Å². The van der Waals surface area contributed by atoms with Gasteiger partial charge < -0.3 is 0 Å². The van der Waals surface area contributed by atoms with E-state index in [0.717, 1.165) is 16.9 Å². The molecule has 0 aromatic heterocycles. The summed E-state index contributed by atoms with van der Waals surface area (Å²) in [4.78, 5) is 8.54. The van der Waals surface area contributed by atoms with Crippen LogP contribution in [-0.2, 0) is 0 Å². The molecule has 0 radical (unpaired) electrons. The van der Waals surface area contributed by atoms with Crippen LogP contribution in [0.3, 0.4) is 0 Å². The van der Waals surface area contributed by atoms with E-state index in [9.17, 15) is 0 Å². The maximum absolute atomic E-state index is 6.11. The molecule has 2 aromatic rings. The molecule has 0 unspecified atom stereocenters. The number of rotatable bonds is 3. The van der Waals surface area contributed by atoms with Crippen molar-refractivity contribution in [3.63, 3.8) is 0 Å². The van der Waals surface area contributed by atoms with Crippen LogP contribution in [0, 0.1) is 13.8 Å². The molecule has 0 aliphatic carbocycles. The van der Waals surface area contributed by atoms with Gasteiger partial charge in [-0.3, -0.25) is 0 Å². The molecular formula is C16H14Cl2N2. The van der Waals surface area contributed by atoms with Crippen molar-refractivity contribution in [1.29, 1.82) is 0 Å². The molecule has 20 heavy (non-hydrogen) atoms. The maximum atomic E-state index is 6.11. The Kier molecular flexibility index (Phi) is 4.94. The lowest BCUT2D eigenvalue weighted by Gasteiger charge is -2.02. The zero-order valence-electron chi connectivity index (χ0n) is 11.3. The summed E-state index contributed by atoms with van der Waals surface area (Å²) in [6.07, 6.45) is 0. The van der Waals surface area contributed by atoms with E-state index in [1.807, 2.05) is 62.4 Å². The van der Waals surface area contributed by atoms with E-state index in [1.54, 1.807) is 0 Å². The van der Waals surface area contributed by atoms with Gasteiger partial charge in [-0.2, -0.15) is 0 Å². The van der Waals surface area contributed by atoms with E-state index in [4.69, 9.17) is 23.2 Å². The second-order valence-corrected chi connectivity index (χ2v) is 5.15. The smallest absolute Gasteiger partial charge is 0.166 e. The quantitative estimate of drug-likeness (QED) is 0.665. The lowest BCUT2D eigenvalue weighted by molar-refractivity contribution is 1.35. The normalized spacial score (nSPS) is 12.6. The first-order valence-electron chi connectivity index (χ1n) is 6.17. The first-order chi connectivity index (χ1) is 9.56. The van der Waals surface area contributed by atoms with Gasteiger partial charge in [0.05, 0.1) is 11.4 Å². The van der Waals surface area contributed by atoms with Gasteiger partial charge in [-0.05, 0) is 37.6 Å². The Labute approximate surface area is 128 Å². The van der Waals surface area contributed by atoms with Crippen LogP contribution in [0.4, 0.5) is 11.4 Å². The summed E-state index contributed by atoms with van der Waals surface area (Å²) in [7, 11) is 0. The standard InChI is InChI=1S/C16H14Cl2N2/c1-11-8-9-14(12(2)10-11)20-16(18)15(17)19-13-6-4-3-5-7-13/h3-10H,1-2H3. The summed E-state index contributed by atoms with van der Waals surface area (Å²) in [5.41, 5.74) is 3.77. The predicted molar refractivity (Wildman–Crippen MR) is 88.3 cm³/mol. The lowest BCUT2D eigenvalue weighted by Crippen LogP contribution is -1.98. The zero-order valence-corrected chi connectivity index (χ0v) is 12.8. The van der Waals surface area contributed by atoms with Crippen molar-refractivity contribution in [3.05, 3.63) is 59.7 Å². The van der Waals surface area contributed by atoms with Gasteiger partial charge in [0.2, 0.25) is 0 Å². The van der Waals surface area contributed by atoms with Gasteiger partial charge in [-0.25, -0.2) is 9.98 Å². The van der Waals surface area contributed by atoms with Gasteiger partial charge in [0.15, 0.2) is 10.3 Å². The highest BCUT2D eigenvalue weighted by Crippen LogP contribution is 2.21. The van der Waals surface area contributed by atoms with Crippen molar-refractivity contribution < 1.29 is 0 Å². The summed E-state index contributed by atoms with van der Waals surface area (Å²) in [6.45, 7) is 4.02. The van der Waals surface area contributed by atoms with E-state index in [0.29, 0.717) is 0 Å². The van der Waals surface area contributed by atoms with Crippen LogP contribution in [-0.4, -0.2) is 10.3 Å². The van der Waals surface area contributed by atoms with Crippen LogP contribution in [0.2, 0.25) is 0 Å². The number of aliphatic imine (C=N–C) groups is 2. The van der Waals surface area contributed by atoms with Crippen molar-refractivity contribution in [1.82, 2.24) is 0 Å². The topological polar surface area (TPSA) is 24.7 Å². The summed E-state index contributed by atoms with van der Waals surface area (Å²) >= 11 is 12.2. The molecule has 0 fully saturated rings. The number of para-hydroxylation sites is 1. The highest BCUT2D eigenvalue weighted by atomic mass is 35.5. The molecule has 0 atom stereocenters. The third kappa shape index (κ3) is 3.92. The average molecular weight is 305 g/mol. The molecule has 0 saturated heterocycles. The van der Waals surface area contributed by atoms with Crippen molar-refractivity contribution in [3.8, 4) is 0 Å². The molecule has 2 nitrogen and oxygen atoms in total. The third-order valence-corrected chi connectivity index (χ3v) is 3.35. The van der Waals surface area contributed by atoms with Crippen LogP contribution in [0.25, 0.3) is 0 Å². The molecule has 0 N–H and O–H groups in total. The number of hydrogen-bond donors (Lipinski definition) is 0. The predicted octanol–water partition coefficient (Wildman–Crippen LogP) is 5.54. The average Bonchev–Trinajstić information content (AvgIpc) is 2.43. The summed E-state index contributed by atoms with van der Waals surface area (Å²) in [5.74, 6) is 0. The van der Waals surface area contributed by atoms with Crippen LogP contribution >= 0.6 is 23.2 Å². The monoisotopic (exact) mass is 304 g/mol. The Morgan fingerprint density at radius 1 is 0.850 bits per heavy atom. The largest absolute Gasteiger partial charge is 0.233 e. The van der Waals surface area contributed by atoms with Crippen molar-refractivity contribution in [2.75, 3.05) is 0 Å². The second kappa shape index (κ2) is 6.69. The minimum Gasteiger partial charge on any atom is -0.233 e. The molecule has 0 amide bonds. The Bertz CT molecular complexity index is 661. The number of hydrogen-bond acceptors (Lipinski definition) is 2. The number of benzene rings is 2. The minimum absolute atomic E-state index is 0.179. The molecule has 0 heterocycles. The molecule has 0 aliphatic heterocycles. The van der Waals surface area contributed by atoms with E-state index < -0.39 is 0 Å². The maximum Gasteiger partial charge on any atom is 0.166 e. The fraction of sp³-hybridized carbons (Fsp3) is 0.125. The molecule has 4 heteroatoms. The molecule has 0 bridgehead atoms. The Morgan fingerprint density at radius 2 is 1.50 bits per heavy atom. The molecule has 0 saturated carbocycles. The van der Waals surface area contributed by atoms with E-state index in [2.05, 4.69) is 9.98 Å². The number of halogens is 2. The van der Waals surface area contributed by atoms with Gasteiger partial charge >= 0.3 is 0 Å². The Balaban J connectivity index is 2.28. The minimum atomic E-state index is 0.179. The molecule has 0 spiro atoms. The van der Waals surface area contributed by atoms with Crippen LogP contribution in [0.15, 0.2) is 58.5 Å². The van der Waals surface area contributed by atoms with E-state index in [1.165, 1.54) is 5.56 Å². The lowest BCUT2D eigenvalue weighted by atomic mass is 10.1. The van der Waals surface area contributed by atoms with E-state index >= 15 is 0 Å². The molecule has 2 aromatic carbocycles. The van der Waals surface area contributed by atoms with Gasteiger partial charge in [-0.1, -0.05) is 59.1 Å². The molecule has 0 aliphatic rings. The van der Waals surface area contributed by atoms with Gasteiger partial charge in [0, 0.05) is 0 Å². The Morgan fingerprint density at radius 3 is 2.15 bits per heavy atom. The first-order valence-corrected chi connectivity index (χ1v) is 6.93. The highest BCUT2D eigenvalue weighted by Gasteiger charge is 2.05. The van der Waals surface area contributed by atoms with Gasteiger partial charge in [0.1, 0.15) is 0 Å². The zero-order chi connectivity index (χ0) is 14.5. The number of aryl methyl sites for hydroxylation is 2. The molecular weight excluding hydrogens is 291 g/mol. The highest BCUT2D eigenvalue weighted by molar-refractivity contribution is 7.00. The third-order valence-electron chi connectivity index (χ3n) is 2.72. The summed E-state index contributed by atoms with van der Waals surface area (Å²) < 4.78 is 0. The Hall–Kier alpha value is -1.64. The first kappa shape index (κ1) is 14.8. The fourth-order valence-electron chi connectivity index (χ4n) is 1.74. The summed E-state index contributed by atoms with van der Waals surface area (Å²) in [6, 6.07) is 15.3. The van der Waals surface area contributed by atoms with Crippen molar-refractivity contribution in [2.45, 2.75) is 13.8 Å². The van der Waals surface area contributed by atoms with Crippen LogP contribution < -0.4 is 0 Å². The SMILES string of the molecule is Cc1ccc(N=C(Cl)C(Cl)=Nc2ccccc2)c(C)c1.